The molecule has 0 aliphatic rings. The monoisotopic (exact) mass is 478 g/mol. The molecule has 0 aliphatic heterocycles. The highest BCUT2D eigenvalue weighted by molar-refractivity contribution is 6.30. The van der Waals surface area contributed by atoms with Gasteiger partial charge in [0.05, 0.1) is 5.69 Å². The average molecular weight is 479 g/mol. The van der Waals surface area contributed by atoms with Crippen LogP contribution in [0.2, 0.25) is 5.02 Å². The number of aryl methyl sites for hydroxylation is 2. The topological polar surface area (TPSA) is 103 Å². The molecule has 0 unspecified atom stereocenters. The van der Waals surface area contributed by atoms with Crippen molar-refractivity contribution in [1.29, 1.82) is 0 Å². The Labute approximate surface area is 201 Å². The van der Waals surface area contributed by atoms with E-state index in [-0.39, 0.29) is 18.1 Å². The number of anilines is 2. The van der Waals surface area contributed by atoms with Crippen LogP contribution >= 0.6 is 11.6 Å². The van der Waals surface area contributed by atoms with Crippen LogP contribution in [0.25, 0.3) is 0 Å². The maximum Gasteiger partial charge on any atom is 0.278 e. The smallest absolute Gasteiger partial charge is 0.278 e. The zero-order valence-electron chi connectivity index (χ0n) is 18.7. The number of carbonyl (C=O) groups is 2. The zero-order chi connectivity index (χ0) is 24.1. The molecule has 0 fully saturated rings. The summed E-state index contributed by atoms with van der Waals surface area (Å²) in [6, 6.07) is 15.9. The van der Waals surface area contributed by atoms with Gasteiger partial charge in [0.1, 0.15) is 5.75 Å². The lowest BCUT2D eigenvalue weighted by atomic mass is 10.2. The number of hydrogen-bond acceptors (Lipinski definition) is 5. The van der Waals surface area contributed by atoms with Crippen LogP contribution in [0.4, 0.5) is 11.4 Å². The van der Waals surface area contributed by atoms with E-state index in [0.717, 1.165) is 5.56 Å². The van der Waals surface area contributed by atoms with Gasteiger partial charge in [-0.2, -0.15) is 10.2 Å². The first-order chi connectivity index (χ1) is 16.4. The molecule has 2 N–H and O–H groups in total. The lowest BCUT2D eigenvalue weighted by Crippen LogP contribution is -2.18. The van der Waals surface area contributed by atoms with Crippen LogP contribution in [0.5, 0.6) is 5.75 Å². The molecule has 0 radical (unpaired) electrons. The molecular weight excluding hydrogens is 456 g/mol. The second-order valence-electron chi connectivity index (χ2n) is 7.45. The van der Waals surface area contributed by atoms with E-state index in [1.165, 1.54) is 4.68 Å². The fraction of sp³-hybridized carbons (Fsp3) is 0.167. The van der Waals surface area contributed by atoms with Gasteiger partial charge in [-0.1, -0.05) is 29.8 Å². The summed E-state index contributed by atoms with van der Waals surface area (Å²) in [4.78, 5) is 25.6. The van der Waals surface area contributed by atoms with Crippen molar-refractivity contribution in [2.45, 2.75) is 27.1 Å². The van der Waals surface area contributed by atoms with Crippen molar-refractivity contribution >= 4 is 34.8 Å². The molecule has 9 nitrogen and oxygen atoms in total. The van der Waals surface area contributed by atoms with Crippen LogP contribution in [0.3, 0.4) is 0 Å². The number of halogens is 1. The fourth-order valence-corrected chi connectivity index (χ4v) is 3.43. The molecule has 10 heteroatoms. The molecule has 0 bridgehead atoms. The Morgan fingerprint density at radius 3 is 2.53 bits per heavy atom. The van der Waals surface area contributed by atoms with Gasteiger partial charge in [-0.3, -0.25) is 14.3 Å². The van der Waals surface area contributed by atoms with E-state index in [1.807, 2.05) is 32.0 Å². The quantitative estimate of drug-likeness (QED) is 0.385. The Hall–Kier alpha value is -4.11. The predicted molar refractivity (Wildman–Crippen MR) is 129 cm³/mol. The molecule has 0 saturated carbocycles. The van der Waals surface area contributed by atoms with E-state index in [4.69, 9.17) is 16.3 Å². The number of benzene rings is 2. The summed E-state index contributed by atoms with van der Waals surface area (Å²) in [6.45, 7) is 4.44. The molecule has 0 saturated heterocycles. The molecule has 2 heterocycles. The van der Waals surface area contributed by atoms with Crippen molar-refractivity contribution in [1.82, 2.24) is 19.6 Å². The molecule has 4 rings (SSSR count). The summed E-state index contributed by atoms with van der Waals surface area (Å²) in [5, 5.41) is 14.7. The maximum atomic E-state index is 12.8. The van der Waals surface area contributed by atoms with Gasteiger partial charge >= 0.3 is 0 Å². The number of para-hydroxylation sites is 1. The van der Waals surface area contributed by atoms with Gasteiger partial charge in [0, 0.05) is 29.6 Å². The summed E-state index contributed by atoms with van der Waals surface area (Å²) < 4.78 is 8.84. The van der Waals surface area contributed by atoms with Gasteiger partial charge in [-0.05, 0) is 55.8 Å². The van der Waals surface area contributed by atoms with Crippen molar-refractivity contribution in [3.8, 4) is 5.75 Å². The summed E-state index contributed by atoms with van der Waals surface area (Å²) in [5.41, 5.74) is 2.11. The van der Waals surface area contributed by atoms with Gasteiger partial charge in [0.25, 0.3) is 11.8 Å². The number of nitrogens with zero attached hydrogens (tertiary/aromatic N) is 4. The van der Waals surface area contributed by atoms with Crippen LogP contribution in [0.1, 0.15) is 33.5 Å². The van der Waals surface area contributed by atoms with Crippen molar-refractivity contribution in [3.05, 3.63) is 89.0 Å². The molecule has 0 aliphatic carbocycles. The predicted octanol–water partition coefficient (Wildman–Crippen LogP) is 4.60. The largest absolute Gasteiger partial charge is 0.471 e. The number of carbonyl (C=O) groups excluding carboxylic acids is 2. The van der Waals surface area contributed by atoms with Crippen molar-refractivity contribution in [2.75, 3.05) is 10.6 Å². The van der Waals surface area contributed by atoms with Gasteiger partial charge in [0.2, 0.25) is 0 Å². The highest BCUT2D eigenvalue weighted by Crippen LogP contribution is 2.22. The first-order valence-electron chi connectivity index (χ1n) is 10.6. The molecule has 2 amide bonds. The molecule has 2 aromatic carbocycles. The van der Waals surface area contributed by atoms with Gasteiger partial charge in [-0.15, -0.1) is 0 Å². The second kappa shape index (κ2) is 10.2. The number of nitrogens with one attached hydrogen (secondary N) is 2. The number of ether oxygens (including phenoxy) is 1. The fourth-order valence-electron chi connectivity index (χ4n) is 3.21. The van der Waals surface area contributed by atoms with Gasteiger partial charge in [-0.25, -0.2) is 4.68 Å². The van der Waals surface area contributed by atoms with E-state index in [2.05, 4.69) is 20.8 Å². The van der Waals surface area contributed by atoms with Crippen LogP contribution in [-0.4, -0.2) is 31.4 Å². The Morgan fingerprint density at radius 2 is 1.79 bits per heavy atom. The Balaban J connectivity index is 1.44. The highest BCUT2D eigenvalue weighted by atomic mass is 35.5. The zero-order valence-corrected chi connectivity index (χ0v) is 19.4. The maximum absolute atomic E-state index is 12.8. The highest BCUT2D eigenvalue weighted by Gasteiger charge is 2.20. The molecule has 2 aromatic heterocycles. The first kappa shape index (κ1) is 23.1. The standard InChI is InChI=1S/C24H23ClN6O3/c1-3-30-14-20(22(29-30)24(33)26-18-7-5-4-6-8-18)27-23(32)19-11-12-31(28-19)15-34-21-10-9-17(25)13-16(21)2/h4-14H,3,15H2,1-2H3,(H,26,33)(H,27,32). The SMILES string of the molecule is CCn1cc(NC(=O)c2ccn(COc3ccc(Cl)cc3C)n2)c(C(=O)Nc2ccccc2)n1. The van der Waals surface area contributed by atoms with Crippen molar-refractivity contribution in [2.24, 2.45) is 0 Å². The summed E-state index contributed by atoms with van der Waals surface area (Å²) in [6.07, 6.45) is 3.25. The lowest BCUT2D eigenvalue weighted by Gasteiger charge is -2.09. The summed E-state index contributed by atoms with van der Waals surface area (Å²) in [7, 11) is 0. The first-order valence-corrected chi connectivity index (χ1v) is 11.0. The molecule has 34 heavy (non-hydrogen) atoms. The Morgan fingerprint density at radius 1 is 1.00 bits per heavy atom. The third kappa shape index (κ3) is 5.44. The van der Waals surface area contributed by atoms with Crippen molar-refractivity contribution < 1.29 is 14.3 Å². The van der Waals surface area contributed by atoms with E-state index < -0.39 is 11.8 Å². The van der Waals surface area contributed by atoms with Crippen LogP contribution < -0.4 is 15.4 Å². The third-order valence-electron chi connectivity index (χ3n) is 4.94. The van der Waals surface area contributed by atoms with Gasteiger partial charge < -0.3 is 15.4 Å². The number of aromatic nitrogens is 4. The number of hydrogen-bond donors (Lipinski definition) is 2. The molecule has 0 atom stereocenters. The number of rotatable bonds is 8. The Bertz CT molecular complexity index is 1320. The van der Waals surface area contributed by atoms with Crippen LogP contribution in [0.15, 0.2) is 67.0 Å². The van der Waals surface area contributed by atoms with Crippen LogP contribution in [-0.2, 0) is 13.3 Å². The minimum Gasteiger partial charge on any atom is -0.471 e. The van der Waals surface area contributed by atoms with Crippen LogP contribution in [0, 0.1) is 6.92 Å². The number of amides is 2. The van der Waals surface area contributed by atoms with E-state index in [0.29, 0.717) is 28.7 Å². The van der Waals surface area contributed by atoms with E-state index >= 15 is 0 Å². The lowest BCUT2D eigenvalue weighted by molar-refractivity contribution is 0.102. The average Bonchev–Trinajstić information content (AvgIpc) is 3.46. The molecule has 174 valence electrons. The minimum atomic E-state index is -0.467. The van der Waals surface area contributed by atoms with Gasteiger partial charge in [0.15, 0.2) is 18.1 Å². The third-order valence-corrected chi connectivity index (χ3v) is 5.18. The molecular formula is C24H23ClN6O3. The molecule has 0 spiro atoms. The summed E-state index contributed by atoms with van der Waals surface area (Å²) >= 11 is 5.97. The van der Waals surface area contributed by atoms with E-state index in [9.17, 15) is 9.59 Å². The van der Waals surface area contributed by atoms with E-state index in [1.54, 1.807) is 53.5 Å². The van der Waals surface area contributed by atoms with Crippen molar-refractivity contribution in [3.63, 3.8) is 0 Å². The summed E-state index contributed by atoms with van der Waals surface area (Å²) in [5.74, 6) is -0.219. The normalized spacial score (nSPS) is 10.7. The Kier molecular flexibility index (Phi) is 6.93. The molecule has 4 aromatic rings. The minimum absolute atomic E-state index is 0.111. The second-order valence-corrected chi connectivity index (χ2v) is 7.88.